The number of benzene rings is 2. The maximum atomic E-state index is 5.59. The van der Waals surface area contributed by atoms with E-state index in [-0.39, 0.29) is 0 Å². The highest BCUT2D eigenvalue weighted by atomic mass is 16.5. The second kappa shape index (κ2) is 3.90. The normalized spacial score (nSPS) is 11.4. The van der Waals surface area contributed by atoms with Gasteiger partial charge in [-0.3, -0.25) is 0 Å². The van der Waals surface area contributed by atoms with Crippen LogP contribution in [-0.2, 0) is 0 Å². The van der Waals surface area contributed by atoms with Gasteiger partial charge < -0.3 is 13.6 Å². The van der Waals surface area contributed by atoms with Crippen molar-refractivity contribution in [1.82, 2.24) is 0 Å². The fourth-order valence-electron chi connectivity index (χ4n) is 2.81. The summed E-state index contributed by atoms with van der Waals surface area (Å²) in [5.74, 6) is 0.718. The van der Waals surface area contributed by atoms with Crippen LogP contribution in [0.1, 0.15) is 5.56 Å². The maximum absolute atomic E-state index is 5.59. The van der Waals surface area contributed by atoms with Crippen LogP contribution < -0.4 is 4.74 Å². The molecule has 20 heavy (non-hydrogen) atoms. The van der Waals surface area contributed by atoms with E-state index in [1.807, 2.05) is 6.07 Å². The van der Waals surface area contributed by atoms with E-state index >= 15 is 0 Å². The van der Waals surface area contributed by atoms with Gasteiger partial charge in [0.25, 0.3) is 0 Å². The van der Waals surface area contributed by atoms with E-state index < -0.39 is 0 Å². The van der Waals surface area contributed by atoms with Gasteiger partial charge >= 0.3 is 0 Å². The third-order valence-corrected chi connectivity index (χ3v) is 3.72. The summed E-state index contributed by atoms with van der Waals surface area (Å²) in [7, 11) is 1.65. The number of methoxy groups -OCH3 is 1. The van der Waals surface area contributed by atoms with E-state index in [2.05, 4.69) is 18.7 Å². The van der Waals surface area contributed by atoms with Crippen LogP contribution in [0.25, 0.3) is 38.6 Å². The molecule has 0 aliphatic carbocycles. The molecule has 2 heterocycles. The van der Waals surface area contributed by atoms with Gasteiger partial charge in [-0.1, -0.05) is 12.7 Å². The highest BCUT2D eigenvalue weighted by Crippen LogP contribution is 2.40. The monoisotopic (exact) mass is 264 g/mol. The average molecular weight is 264 g/mol. The first-order chi connectivity index (χ1) is 9.83. The van der Waals surface area contributed by atoms with Crippen molar-refractivity contribution in [2.24, 2.45) is 0 Å². The molecule has 98 valence electrons. The van der Waals surface area contributed by atoms with Crippen LogP contribution in [0.4, 0.5) is 0 Å². The summed E-state index contributed by atoms with van der Waals surface area (Å²) < 4.78 is 16.4. The topological polar surface area (TPSA) is 35.5 Å². The van der Waals surface area contributed by atoms with Crippen LogP contribution in [0.5, 0.6) is 5.75 Å². The Bertz CT molecular complexity index is 957. The Morgan fingerprint density at radius 1 is 1.10 bits per heavy atom. The van der Waals surface area contributed by atoms with Crippen molar-refractivity contribution < 1.29 is 13.6 Å². The Kier molecular flexibility index (Phi) is 2.18. The molecule has 0 fully saturated rings. The second-order valence-electron chi connectivity index (χ2n) is 4.71. The number of ether oxygens (including phenoxy) is 1. The van der Waals surface area contributed by atoms with Crippen molar-refractivity contribution in [1.29, 1.82) is 0 Å². The number of rotatable bonds is 2. The first-order valence-corrected chi connectivity index (χ1v) is 6.32. The molecule has 2 aromatic carbocycles. The van der Waals surface area contributed by atoms with Crippen molar-refractivity contribution in [3.05, 3.63) is 49.1 Å². The predicted octanol–water partition coefficient (Wildman–Crippen LogP) is 4.98. The molecule has 0 aliphatic rings. The number of hydrogen-bond acceptors (Lipinski definition) is 3. The standard InChI is InChI=1S/C17H12O3/c1-3-12-14-6-10-8-19-9-11(10)7-15(14)13-4-5-20-17(13)16(12)18-2/h3-9H,1H2,2H3. The second-order valence-corrected chi connectivity index (χ2v) is 4.71. The Morgan fingerprint density at radius 2 is 1.85 bits per heavy atom. The number of fused-ring (bicyclic) bond motifs is 4. The minimum atomic E-state index is 0.718. The number of hydrogen-bond donors (Lipinski definition) is 0. The smallest absolute Gasteiger partial charge is 0.176 e. The maximum Gasteiger partial charge on any atom is 0.176 e. The summed E-state index contributed by atoms with van der Waals surface area (Å²) >= 11 is 0. The van der Waals surface area contributed by atoms with Crippen molar-refractivity contribution in [2.75, 3.05) is 7.11 Å². The van der Waals surface area contributed by atoms with Crippen LogP contribution >= 0.6 is 0 Å². The largest absolute Gasteiger partial charge is 0.492 e. The molecule has 0 atom stereocenters. The van der Waals surface area contributed by atoms with Gasteiger partial charge in [-0.15, -0.1) is 0 Å². The lowest BCUT2D eigenvalue weighted by molar-refractivity contribution is 0.410. The van der Waals surface area contributed by atoms with Crippen molar-refractivity contribution in [3.63, 3.8) is 0 Å². The van der Waals surface area contributed by atoms with E-state index in [0.717, 1.165) is 43.8 Å². The molecular weight excluding hydrogens is 252 g/mol. The quantitative estimate of drug-likeness (QED) is 0.512. The minimum absolute atomic E-state index is 0.718. The fourth-order valence-corrected chi connectivity index (χ4v) is 2.81. The molecule has 0 aliphatic heterocycles. The molecule has 0 N–H and O–H groups in total. The van der Waals surface area contributed by atoms with Gasteiger partial charge in [-0.2, -0.15) is 0 Å². The molecule has 0 bridgehead atoms. The fraction of sp³-hybridized carbons (Fsp3) is 0.0588. The van der Waals surface area contributed by atoms with E-state index in [0.29, 0.717) is 0 Å². The van der Waals surface area contributed by atoms with Crippen LogP contribution in [-0.4, -0.2) is 7.11 Å². The lowest BCUT2D eigenvalue weighted by atomic mass is 9.98. The summed E-state index contributed by atoms with van der Waals surface area (Å²) in [5.41, 5.74) is 1.69. The van der Waals surface area contributed by atoms with Gasteiger partial charge in [-0.25, -0.2) is 0 Å². The summed E-state index contributed by atoms with van der Waals surface area (Å²) in [6.45, 7) is 3.90. The van der Waals surface area contributed by atoms with E-state index in [4.69, 9.17) is 13.6 Å². The number of furan rings is 2. The molecule has 0 unspecified atom stereocenters. The zero-order valence-electron chi connectivity index (χ0n) is 11.0. The lowest BCUT2D eigenvalue weighted by Crippen LogP contribution is -1.90. The van der Waals surface area contributed by atoms with Crippen LogP contribution in [0, 0.1) is 0 Å². The zero-order valence-corrected chi connectivity index (χ0v) is 11.0. The Balaban J connectivity index is 2.34. The van der Waals surface area contributed by atoms with Gasteiger partial charge in [0, 0.05) is 21.7 Å². The van der Waals surface area contributed by atoms with Gasteiger partial charge in [0.1, 0.15) is 0 Å². The Hall–Kier alpha value is -2.68. The third-order valence-electron chi connectivity index (χ3n) is 3.72. The molecule has 0 amide bonds. The van der Waals surface area contributed by atoms with Crippen LogP contribution in [0.15, 0.2) is 52.4 Å². The Morgan fingerprint density at radius 3 is 2.55 bits per heavy atom. The molecule has 0 saturated carbocycles. The third kappa shape index (κ3) is 1.29. The highest BCUT2D eigenvalue weighted by molar-refractivity contribution is 6.16. The molecule has 0 saturated heterocycles. The van der Waals surface area contributed by atoms with Gasteiger partial charge in [-0.05, 0) is 29.0 Å². The highest BCUT2D eigenvalue weighted by Gasteiger charge is 2.16. The lowest BCUT2D eigenvalue weighted by Gasteiger charge is -2.10. The van der Waals surface area contributed by atoms with Crippen molar-refractivity contribution >= 4 is 38.6 Å². The average Bonchev–Trinajstić information content (AvgIpc) is 3.11. The van der Waals surface area contributed by atoms with Gasteiger partial charge in [0.2, 0.25) is 0 Å². The van der Waals surface area contributed by atoms with E-state index in [1.165, 1.54) is 0 Å². The summed E-state index contributed by atoms with van der Waals surface area (Å²) in [5, 5.41) is 5.36. The SMILES string of the molecule is C=Cc1c(OC)c2occc2c2cc3cocc3cc12. The van der Waals surface area contributed by atoms with E-state index in [1.54, 1.807) is 32.0 Å². The molecule has 4 rings (SSSR count). The minimum Gasteiger partial charge on any atom is -0.492 e. The van der Waals surface area contributed by atoms with Crippen LogP contribution in [0.3, 0.4) is 0 Å². The summed E-state index contributed by atoms with van der Waals surface area (Å²) in [6, 6.07) is 6.16. The molecule has 3 heteroatoms. The van der Waals surface area contributed by atoms with Crippen LogP contribution in [0.2, 0.25) is 0 Å². The molecule has 2 aromatic heterocycles. The Labute approximate surface area is 115 Å². The van der Waals surface area contributed by atoms with Gasteiger partial charge in [0.15, 0.2) is 11.3 Å². The zero-order chi connectivity index (χ0) is 13.7. The summed E-state index contributed by atoms with van der Waals surface area (Å²) in [6.07, 6.45) is 6.97. The van der Waals surface area contributed by atoms with Crippen molar-refractivity contribution in [2.45, 2.75) is 0 Å². The molecule has 0 radical (unpaired) electrons. The first kappa shape index (κ1) is 11.2. The van der Waals surface area contributed by atoms with Crippen molar-refractivity contribution in [3.8, 4) is 5.75 Å². The first-order valence-electron chi connectivity index (χ1n) is 6.32. The predicted molar refractivity (Wildman–Crippen MR) is 80.1 cm³/mol. The summed E-state index contributed by atoms with van der Waals surface area (Å²) in [4.78, 5) is 0. The molecule has 0 spiro atoms. The van der Waals surface area contributed by atoms with Gasteiger partial charge in [0.05, 0.1) is 25.9 Å². The molecule has 3 nitrogen and oxygen atoms in total. The molecular formula is C17H12O3. The molecule has 4 aromatic rings. The van der Waals surface area contributed by atoms with E-state index in [9.17, 15) is 0 Å².